The fourth-order valence-corrected chi connectivity index (χ4v) is 7.17. The fraction of sp³-hybridized carbons (Fsp3) is 0.441. The zero-order valence-electron chi connectivity index (χ0n) is 26.5. The second kappa shape index (κ2) is 14.3. The predicted octanol–water partition coefficient (Wildman–Crippen LogP) is 2.62. The minimum absolute atomic E-state index is 0. The van der Waals surface area contributed by atoms with Gasteiger partial charge in [0.15, 0.2) is 11.3 Å². The number of aromatic carboxylic acids is 1. The van der Waals surface area contributed by atoms with Crippen molar-refractivity contribution in [2.24, 2.45) is 16.6 Å². The highest BCUT2D eigenvalue weighted by Crippen LogP contribution is 2.56. The number of nitrogen functional groups attached to an aromatic ring is 1. The van der Waals surface area contributed by atoms with Crippen molar-refractivity contribution in [3.8, 4) is 0 Å². The third-order valence-corrected chi connectivity index (χ3v) is 10.2. The molecule has 2 aromatic heterocycles. The number of fused-ring (bicyclic) bond motifs is 5. The second-order valence-corrected chi connectivity index (χ2v) is 12.8. The minimum atomic E-state index is -1.22. The van der Waals surface area contributed by atoms with E-state index < -0.39 is 22.7 Å². The summed E-state index contributed by atoms with van der Waals surface area (Å²) in [5.41, 5.74) is 13.8. The first-order chi connectivity index (χ1) is 22.5. The van der Waals surface area contributed by atoms with Gasteiger partial charge < -0.3 is 31.5 Å². The molecule has 8 rings (SSSR count). The van der Waals surface area contributed by atoms with E-state index in [9.17, 15) is 29.1 Å². The van der Waals surface area contributed by atoms with E-state index in [1.165, 1.54) is 25.4 Å². The highest BCUT2D eigenvalue weighted by atomic mass is 35.5. The van der Waals surface area contributed by atoms with Crippen LogP contribution in [0.2, 0.25) is 0 Å². The molecule has 0 atom stereocenters. The van der Waals surface area contributed by atoms with Gasteiger partial charge in [-0.2, -0.15) is 5.10 Å². The molecule has 3 fully saturated rings. The Kier molecular flexibility index (Phi) is 10.8. The van der Waals surface area contributed by atoms with Crippen LogP contribution in [-0.4, -0.2) is 57.7 Å². The Morgan fingerprint density at radius 2 is 1.71 bits per heavy atom. The van der Waals surface area contributed by atoms with Gasteiger partial charge in [0.2, 0.25) is 0 Å². The van der Waals surface area contributed by atoms with Gasteiger partial charge in [-0.25, -0.2) is 14.3 Å². The molecule has 14 nitrogen and oxygen atoms in total. The van der Waals surface area contributed by atoms with Gasteiger partial charge in [0.05, 0.1) is 18.7 Å². The Morgan fingerprint density at radius 3 is 2.33 bits per heavy atom. The first-order valence-corrected chi connectivity index (χ1v) is 15.6. The van der Waals surface area contributed by atoms with Gasteiger partial charge in [0.1, 0.15) is 17.1 Å². The number of esters is 1. The average Bonchev–Trinajstić information content (AvgIpc) is 3.59. The Morgan fingerprint density at radius 1 is 1.02 bits per heavy atom. The van der Waals surface area contributed by atoms with E-state index in [0.717, 1.165) is 66.3 Å². The lowest BCUT2D eigenvalue weighted by Crippen LogP contribution is -2.49. The number of amides is 1. The standard InChI is InChI=1S/C22H18N6O5.C11H19NO2.CH4.ClH/c23-17-18(20(30)19(17)29)27-6-4-12-2-1-11(7-13(12)10-27)9-24-21(31)14-8-15(22(32)33)28-16(26-14)3-5-25-28;1-14-9(13)11-5-2-10(8-12,3-6-11)4-7-11;;/h1-3,5,7-8H,4,6,9-10,23H2,(H,24,31)(H,32,33);2-8,12H2,1H3;1H4;1H. The molecule has 2 aromatic carbocycles. The molecule has 3 saturated carbocycles. The number of hydrogen-bond donors (Lipinski definition) is 4. The summed E-state index contributed by atoms with van der Waals surface area (Å²) in [6.07, 6.45) is 8.39. The van der Waals surface area contributed by atoms with Gasteiger partial charge in [0, 0.05) is 31.8 Å². The number of benzene rings is 1. The molecule has 6 N–H and O–H groups in total. The SMILES string of the molecule is C.COC(=O)C12CCC(CN)(CC1)CC2.Cl.Nc1c(N2CCc3ccc(CNC(=O)c4cc(C(=O)O)n5nccc5n4)cc3C2)c(=O)c1=O. The average molecular weight is 696 g/mol. The number of aromatic nitrogens is 3. The molecule has 2 bridgehead atoms. The van der Waals surface area contributed by atoms with Gasteiger partial charge in [-0.15, -0.1) is 12.4 Å². The van der Waals surface area contributed by atoms with Crippen LogP contribution in [0.1, 0.15) is 83.6 Å². The molecule has 0 unspecified atom stereocenters. The lowest BCUT2D eigenvalue weighted by molar-refractivity contribution is -0.162. The molecule has 0 radical (unpaired) electrons. The number of anilines is 2. The van der Waals surface area contributed by atoms with Crippen molar-refractivity contribution >= 4 is 47.3 Å². The lowest BCUT2D eigenvalue weighted by atomic mass is 9.54. The first kappa shape index (κ1) is 37.0. The van der Waals surface area contributed by atoms with Crippen LogP contribution >= 0.6 is 12.4 Å². The van der Waals surface area contributed by atoms with Crippen LogP contribution in [0.3, 0.4) is 0 Å². The van der Waals surface area contributed by atoms with Crippen molar-refractivity contribution in [2.45, 2.75) is 65.5 Å². The topological polar surface area (TPSA) is 212 Å². The quantitative estimate of drug-likeness (QED) is 0.162. The number of nitrogens with two attached hydrogens (primary N) is 2. The van der Waals surface area contributed by atoms with E-state index >= 15 is 0 Å². The molecule has 262 valence electrons. The molecule has 3 aliphatic carbocycles. The summed E-state index contributed by atoms with van der Waals surface area (Å²) in [6.45, 7) is 2.01. The summed E-state index contributed by atoms with van der Waals surface area (Å²) in [6, 6.07) is 8.49. The van der Waals surface area contributed by atoms with Crippen molar-refractivity contribution in [1.82, 2.24) is 19.9 Å². The molecular weight excluding hydrogens is 654 g/mol. The van der Waals surface area contributed by atoms with E-state index in [1.807, 2.05) is 23.1 Å². The van der Waals surface area contributed by atoms with E-state index in [4.69, 9.17) is 16.2 Å². The number of halogens is 1. The zero-order chi connectivity index (χ0) is 33.5. The molecule has 15 heteroatoms. The smallest absolute Gasteiger partial charge is 0.354 e. The van der Waals surface area contributed by atoms with Crippen LogP contribution in [0, 0.1) is 10.8 Å². The molecule has 1 amide bonds. The van der Waals surface area contributed by atoms with Crippen molar-refractivity contribution in [3.05, 3.63) is 85.1 Å². The largest absolute Gasteiger partial charge is 0.477 e. The highest BCUT2D eigenvalue weighted by Gasteiger charge is 2.52. The maximum absolute atomic E-state index is 12.6. The number of rotatable bonds is 7. The summed E-state index contributed by atoms with van der Waals surface area (Å²) >= 11 is 0. The molecule has 49 heavy (non-hydrogen) atoms. The normalized spacial score (nSPS) is 20.7. The van der Waals surface area contributed by atoms with Crippen LogP contribution in [-0.2, 0) is 29.0 Å². The fourth-order valence-electron chi connectivity index (χ4n) is 7.17. The third-order valence-electron chi connectivity index (χ3n) is 10.2. The number of nitrogens with one attached hydrogen (secondary N) is 1. The molecule has 1 aliphatic heterocycles. The minimum Gasteiger partial charge on any atom is -0.477 e. The second-order valence-electron chi connectivity index (χ2n) is 12.8. The Balaban J connectivity index is 0.000000285. The molecule has 0 saturated heterocycles. The zero-order valence-corrected chi connectivity index (χ0v) is 27.3. The highest BCUT2D eigenvalue weighted by molar-refractivity contribution is 5.96. The van der Waals surface area contributed by atoms with E-state index in [-0.39, 0.29) is 66.2 Å². The summed E-state index contributed by atoms with van der Waals surface area (Å²) in [7, 11) is 1.50. The molecule has 4 aromatic rings. The summed E-state index contributed by atoms with van der Waals surface area (Å²) in [5.74, 6) is -1.73. The van der Waals surface area contributed by atoms with Crippen molar-refractivity contribution in [1.29, 1.82) is 0 Å². The number of carbonyl (C=O) groups is 3. The van der Waals surface area contributed by atoms with Crippen molar-refractivity contribution < 1.29 is 24.2 Å². The van der Waals surface area contributed by atoms with E-state index in [0.29, 0.717) is 24.9 Å². The van der Waals surface area contributed by atoms with Crippen LogP contribution in [0.15, 0.2) is 46.1 Å². The Bertz CT molecular complexity index is 1940. The number of ether oxygens (including phenoxy) is 1. The summed E-state index contributed by atoms with van der Waals surface area (Å²) < 4.78 is 6.05. The van der Waals surface area contributed by atoms with Gasteiger partial charge in [-0.05, 0) is 73.6 Å². The Labute approximate surface area is 288 Å². The van der Waals surface area contributed by atoms with Gasteiger partial charge in [-0.3, -0.25) is 19.2 Å². The summed E-state index contributed by atoms with van der Waals surface area (Å²) in [4.78, 5) is 65.1. The van der Waals surface area contributed by atoms with E-state index in [2.05, 4.69) is 15.4 Å². The monoisotopic (exact) mass is 695 g/mol. The molecule has 4 aliphatic rings. The van der Waals surface area contributed by atoms with Crippen LogP contribution in [0.25, 0.3) is 5.65 Å². The number of methoxy groups -OCH3 is 1. The van der Waals surface area contributed by atoms with Crippen LogP contribution in [0.4, 0.5) is 11.4 Å². The van der Waals surface area contributed by atoms with Crippen LogP contribution < -0.4 is 32.5 Å². The maximum atomic E-state index is 12.6. The third kappa shape index (κ3) is 6.75. The number of carboxylic acid groups (broad SMARTS) is 1. The number of carbonyl (C=O) groups excluding carboxylic acids is 2. The van der Waals surface area contributed by atoms with Crippen LogP contribution in [0.5, 0.6) is 0 Å². The van der Waals surface area contributed by atoms with Gasteiger partial charge in [-0.1, -0.05) is 25.6 Å². The van der Waals surface area contributed by atoms with E-state index in [1.54, 1.807) is 0 Å². The molecule has 0 spiro atoms. The summed E-state index contributed by atoms with van der Waals surface area (Å²) in [5, 5.41) is 16.0. The Hall–Kier alpha value is -4.82. The van der Waals surface area contributed by atoms with Gasteiger partial charge >= 0.3 is 11.9 Å². The van der Waals surface area contributed by atoms with Crippen molar-refractivity contribution in [3.63, 3.8) is 0 Å². The predicted molar refractivity (Wildman–Crippen MR) is 186 cm³/mol. The molecular formula is C34H42ClN7O7. The van der Waals surface area contributed by atoms with Gasteiger partial charge in [0.25, 0.3) is 16.8 Å². The number of nitrogens with zero attached hydrogens (tertiary/aromatic N) is 4. The number of carboxylic acids is 1. The molecule has 3 heterocycles. The number of hydrogen-bond acceptors (Lipinski definition) is 11. The first-order valence-electron chi connectivity index (χ1n) is 15.6. The maximum Gasteiger partial charge on any atom is 0.354 e. The lowest BCUT2D eigenvalue weighted by Gasteiger charge is -2.51. The van der Waals surface area contributed by atoms with Crippen molar-refractivity contribution in [2.75, 3.05) is 30.8 Å².